The Balaban J connectivity index is 1.92. The van der Waals surface area contributed by atoms with Gasteiger partial charge in [-0.25, -0.2) is 9.97 Å². The molecule has 1 aliphatic heterocycles. The van der Waals surface area contributed by atoms with Gasteiger partial charge in [0.05, 0.1) is 0 Å². The maximum absolute atomic E-state index is 4.73. The number of nitrogens with one attached hydrogen (secondary N) is 1. The summed E-state index contributed by atoms with van der Waals surface area (Å²) in [5.74, 6) is 0. The van der Waals surface area contributed by atoms with Crippen LogP contribution in [0.5, 0.6) is 0 Å². The quantitative estimate of drug-likeness (QED) is 0.736. The van der Waals surface area contributed by atoms with Gasteiger partial charge < -0.3 is 5.32 Å². The molecule has 1 aliphatic rings. The second kappa shape index (κ2) is 4.40. The standard InChI is InChI=1S/C15H13N3S/c1-3-10-9-16-8-6-11(10)12(4-1)14-18-13-5-2-7-17-15(13)19-14/h1-5,7,16H,6,8-9H2. The minimum atomic E-state index is 0.965. The van der Waals surface area contributed by atoms with Crippen LogP contribution in [-0.2, 0) is 13.0 Å². The second-order valence-corrected chi connectivity index (χ2v) is 5.69. The molecule has 0 saturated heterocycles. The molecule has 3 heterocycles. The maximum Gasteiger partial charge on any atom is 0.143 e. The van der Waals surface area contributed by atoms with Crippen molar-refractivity contribution in [3.63, 3.8) is 0 Å². The van der Waals surface area contributed by atoms with E-state index in [-0.39, 0.29) is 0 Å². The minimum Gasteiger partial charge on any atom is -0.312 e. The Bertz CT molecular complexity index is 715. The van der Waals surface area contributed by atoms with Crippen LogP contribution in [0.1, 0.15) is 11.1 Å². The number of fused-ring (bicyclic) bond motifs is 2. The Morgan fingerprint density at radius 1 is 1.16 bits per heavy atom. The molecule has 4 rings (SSSR count). The van der Waals surface area contributed by atoms with E-state index < -0.39 is 0 Å². The summed E-state index contributed by atoms with van der Waals surface area (Å²) in [5, 5.41) is 4.51. The van der Waals surface area contributed by atoms with Crippen LogP contribution in [0.2, 0.25) is 0 Å². The largest absolute Gasteiger partial charge is 0.312 e. The topological polar surface area (TPSA) is 37.8 Å². The van der Waals surface area contributed by atoms with Gasteiger partial charge in [-0.1, -0.05) is 29.5 Å². The second-order valence-electron chi connectivity index (χ2n) is 4.72. The van der Waals surface area contributed by atoms with Crippen LogP contribution in [0.15, 0.2) is 36.5 Å². The third-order valence-electron chi connectivity index (χ3n) is 3.54. The lowest BCUT2D eigenvalue weighted by Gasteiger charge is -2.19. The van der Waals surface area contributed by atoms with Gasteiger partial charge in [0.25, 0.3) is 0 Å². The van der Waals surface area contributed by atoms with Crippen molar-refractivity contribution in [2.24, 2.45) is 0 Å². The molecule has 0 atom stereocenters. The Hall–Kier alpha value is -1.78. The van der Waals surface area contributed by atoms with Crippen LogP contribution in [0, 0.1) is 0 Å². The van der Waals surface area contributed by atoms with Gasteiger partial charge in [0.15, 0.2) is 0 Å². The minimum absolute atomic E-state index is 0.965. The Labute approximate surface area is 115 Å². The number of hydrogen-bond acceptors (Lipinski definition) is 4. The number of thiazole rings is 1. The highest BCUT2D eigenvalue weighted by molar-refractivity contribution is 7.21. The smallest absolute Gasteiger partial charge is 0.143 e. The van der Waals surface area contributed by atoms with Gasteiger partial charge in [-0.3, -0.25) is 0 Å². The molecule has 1 N–H and O–H groups in total. The Kier molecular flexibility index (Phi) is 2.57. The zero-order chi connectivity index (χ0) is 12.7. The highest BCUT2D eigenvalue weighted by Gasteiger charge is 2.16. The van der Waals surface area contributed by atoms with Crippen LogP contribution < -0.4 is 5.32 Å². The lowest BCUT2D eigenvalue weighted by molar-refractivity contribution is 0.645. The van der Waals surface area contributed by atoms with Crippen molar-refractivity contribution >= 4 is 21.7 Å². The molecule has 19 heavy (non-hydrogen) atoms. The molecular formula is C15H13N3S. The predicted molar refractivity (Wildman–Crippen MR) is 78.3 cm³/mol. The van der Waals surface area contributed by atoms with Crippen LogP contribution in [0.25, 0.3) is 20.9 Å². The van der Waals surface area contributed by atoms with E-state index in [2.05, 4.69) is 28.5 Å². The first-order chi connectivity index (χ1) is 9.42. The SMILES string of the molecule is c1cc2c(c(-c3nc4cccnc4s3)c1)CCNC2. The third-order valence-corrected chi connectivity index (χ3v) is 4.55. The molecule has 0 radical (unpaired) electrons. The van der Waals surface area contributed by atoms with Crippen LogP contribution >= 0.6 is 11.3 Å². The summed E-state index contributed by atoms with van der Waals surface area (Å²) in [6, 6.07) is 10.5. The lowest BCUT2D eigenvalue weighted by atomic mass is 9.96. The summed E-state index contributed by atoms with van der Waals surface area (Å²) >= 11 is 1.68. The highest BCUT2D eigenvalue weighted by atomic mass is 32.1. The van der Waals surface area contributed by atoms with Gasteiger partial charge in [-0.05, 0) is 36.2 Å². The number of rotatable bonds is 1. The van der Waals surface area contributed by atoms with E-state index in [1.165, 1.54) is 16.7 Å². The van der Waals surface area contributed by atoms with Crippen molar-refractivity contribution in [1.82, 2.24) is 15.3 Å². The summed E-state index contributed by atoms with van der Waals surface area (Å²) in [5.41, 5.74) is 5.12. The van der Waals surface area contributed by atoms with Crippen LogP contribution in [-0.4, -0.2) is 16.5 Å². The van der Waals surface area contributed by atoms with Crippen molar-refractivity contribution in [3.8, 4) is 10.6 Å². The zero-order valence-corrected chi connectivity index (χ0v) is 11.2. The molecular weight excluding hydrogens is 254 g/mol. The zero-order valence-electron chi connectivity index (χ0n) is 10.4. The molecule has 4 heteroatoms. The molecule has 3 aromatic rings. The van der Waals surface area contributed by atoms with Crippen molar-refractivity contribution in [2.45, 2.75) is 13.0 Å². The summed E-state index contributed by atoms with van der Waals surface area (Å²) in [6.45, 7) is 2.01. The first-order valence-corrected chi connectivity index (χ1v) is 7.27. The van der Waals surface area contributed by atoms with Crippen molar-refractivity contribution in [3.05, 3.63) is 47.7 Å². The first kappa shape index (κ1) is 11.1. The molecule has 1 aromatic carbocycles. The van der Waals surface area contributed by atoms with E-state index in [4.69, 9.17) is 4.98 Å². The molecule has 0 amide bonds. The number of hydrogen-bond donors (Lipinski definition) is 1. The molecule has 0 fully saturated rings. The highest BCUT2D eigenvalue weighted by Crippen LogP contribution is 2.33. The van der Waals surface area contributed by atoms with Crippen molar-refractivity contribution < 1.29 is 0 Å². The molecule has 0 unspecified atom stereocenters. The van der Waals surface area contributed by atoms with E-state index in [0.29, 0.717) is 0 Å². The molecule has 0 spiro atoms. The molecule has 3 nitrogen and oxygen atoms in total. The normalized spacial score (nSPS) is 14.5. The van der Waals surface area contributed by atoms with Gasteiger partial charge in [0, 0.05) is 18.3 Å². The maximum atomic E-state index is 4.73. The first-order valence-electron chi connectivity index (χ1n) is 6.45. The van der Waals surface area contributed by atoms with Gasteiger partial charge in [0.1, 0.15) is 15.4 Å². The molecule has 0 saturated carbocycles. The van der Waals surface area contributed by atoms with Gasteiger partial charge >= 0.3 is 0 Å². The summed E-state index contributed by atoms with van der Waals surface area (Å²) in [4.78, 5) is 10.1. The average Bonchev–Trinajstić information content (AvgIpc) is 2.90. The monoisotopic (exact) mass is 267 g/mol. The number of aromatic nitrogens is 2. The van der Waals surface area contributed by atoms with Crippen molar-refractivity contribution in [2.75, 3.05) is 6.54 Å². The van der Waals surface area contributed by atoms with Crippen LogP contribution in [0.4, 0.5) is 0 Å². The summed E-state index contributed by atoms with van der Waals surface area (Å²) in [7, 11) is 0. The Morgan fingerprint density at radius 3 is 3.11 bits per heavy atom. The van der Waals surface area contributed by atoms with E-state index in [9.17, 15) is 0 Å². The predicted octanol–water partition coefficient (Wildman–Crippen LogP) is 3.00. The van der Waals surface area contributed by atoms with Gasteiger partial charge in [-0.15, -0.1) is 0 Å². The van der Waals surface area contributed by atoms with E-state index in [1.54, 1.807) is 11.3 Å². The number of pyridine rings is 1. The lowest BCUT2D eigenvalue weighted by Crippen LogP contribution is -2.23. The summed E-state index contributed by atoms with van der Waals surface area (Å²) < 4.78 is 0. The number of benzene rings is 1. The van der Waals surface area contributed by atoms with E-state index >= 15 is 0 Å². The average molecular weight is 267 g/mol. The molecule has 94 valence electrons. The third kappa shape index (κ3) is 1.84. The molecule has 0 aliphatic carbocycles. The van der Waals surface area contributed by atoms with Crippen molar-refractivity contribution in [1.29, 1.82) is 0 Å². The van der Waals surface area contributed by atoms with E-state index in [1.807, 2.05) is 18.3 Å². The van der Waals surface area contributed by atoms with E-state index in [0.717, 1.165) is 34.9 Å². The van der Waals surface area contributed by atoms with Gasteiger partial charge in [-0.2, -0.15) is 0 Å². The van der Waals surface area contributed by atoms with Gasteiger partial charge in [0.2, 0.25) is 0 Å². The fraction of sp³-hybridized carbons (Fsp3) is 0.200. The number of nitrogens with zero attached hydrogens (tertiary/aromatic N) is 2. The molecule has 0 bridgehead atoms. The Morgan fingerprint density at radius 2 is 2.16 bits per heavy atom. The fourth-order valence-corrected chi connectivity index (χ4v) is 3.58. The molecule has 2 aromatic heterocycles. The summed E-state index contributed by atoms with van der Waals surface area (Å²) in [6.07, 6.45) is 2.91. The van der Waals surface area contributed by atoms with Crippen LogP contribution in [0.3, 0.4) is 0 Å². The fourth-order valence-electron chi connectivity index (χ4n) is 2.62.